The van der Waals surface area contributed by atoms with Crippen LogP contribution in [0.4, 0.5) is 5.69 Å². The third-order valence-electron chi connectivity index (χ3n) is 4.99. The van der Waals surface area contributed by atoms with Crippen LogP contribution in [0, 0.1) is 0 Å². The molecule has 1 saturated heterocycles. The molecule has 5 nitrogen and oxygen atoms in total. The maximum absolute atomic E-state index is 5.91. The van der Waals surface area contributed by atoms with Crippen molar-refractivity contribution in [3.05, 3.63) is 30.3 Å². The number of nitrogens with zero attached hydrogens (tertiary/aromatic N) is 3. The highest BCUT2D eigenvalue weighted by Gasteiger charge is 2.16. The van der Waals surface area contributed by atoms with E-state index in [1.807, 2.05) is 0 Å². The molecule has 0 saturated carbocycles. The third-order valence-corrected chi connectivity index (χ3v) is 4.99. The Morgan fingerprint density at radius 3 is 2.50 bits per heavy atom. The number of para-hydroxylation sites is 1. The average molecular weight is 360 g/mol. The summed E-state index contributed by atoms with van der Waals surface area (Å²) >= 11 is 0. The fraction of sp³-hybridized carbons (Fsp3) is 0.667. The molecule has 0 bridgehead atoms. The Hall–Kier alpha value is -1.75. The first-order chi connectivity index (χ1) is 12.8. The Balaban J connectivity index is 1.48. The number of aliphatic imine (C=N–C) groups is 1. The zero-order valence-corrected chi connectivity index (χ0v) is 16.5. The predicted molar refractivity (Wildman–Crippen MR) is 113 cm³/mol. The van der Waals surface area contributed by atoms with Gasteiger partial charge in [-0.05, 0) is 37.9 Å². The maximum Gasteiger partial charge on any atom is 0.188 e. The highest BCUT2D eigenvalue weighted by Crippen LogP contribution is 2.15. The summed E-state index contributed by atoms with van der Waals surface area (Å²) in [4.78, 5) is 9.44. The number of benzene rings is 1. The second-order valence-corrected chi connectivity index (χ2v) is 7.13. The van der Waals surface area contributed by atoms with Crippen LogP contribution >= 0.6 is 0 Å². The van der Waals surface area contributed by atoms with E-state index in [1.54, 1.807) is 0 Å². The van der Waals surface area contributed by atoms with Gasteiger partial charge in [0.15, 0.2) is 5.96 Å². The highest BCUT2D eigenvalue weighted by atomic mass is 15.3. The summed E-state index contributed by atoms with van der Waals surface area (Å²) in [6, 6.07) is 10.7. The number of nitrogens with one attached hydrogen (secondary N) is 1. The van der Waals surface area contributed by atoms with E-state index < -0.39 is 0 Å². The molecule has 1 fully saturated rings. The normalized spacial score (nSPS) is 16.0. The van der Waals surface area contributed by atoms with Gasteiger partial charge in [0.2, 0.25) is 0 Å². The number of hydrogen-bond acceptors (Lipinski definition) is 3. The Morgan fingerprint density at radius 2 is 1.77 bits per heavy atom. The molecule has 2 rings (SSSR count). The summed E-state index contributed by atoms with van der Waals surface area (Å²) in [5.41, 5.74) is 7.25. The van der Waals surface area contributed by atoms with Crippen molar-refractivity contribution in [1.29, 1.82) is 0 Å². The monoisotopic (exact) mass is 359 g/mol. The lowest BCUT2D eigenvalue weighted by atomic mass is 10.2. The highest BCUT2D eigenvalue weighted by molar-refractivity contribution is 5.77. The fourth-order valence-electron chi connectivity index (χ4n) is 3.34. The van der Waals surface area contributed by atoms with Gasteiger partial charge in [-0.25, -0.2) is 0 Å². The quantitative estimate of drug-likeness (QED) is 0.362. The van der Waals surface area contributed by atoms with Gasteiger partial charge in [0.25, 0.3) is 0 Å². The van der Waals surface area contributed by atoms with Crippen molar-refractivity contribution >= 4 is 11.6 Å². The van der Waals surface area contributed by atoms with E-state index in [1.165, 1.54) is 37.9 Å². The lowest BCUT2D eigenvalue weighted by Gasteiger charge is -2.36. The molecule has 1 aromatic rings. The van der Waals surface area contributed by atoms with Crippen molar-refractivity contribution in [3.63, 3.8) is 0 Å². The van der Waals surface area contributed by atoms with Gasteiger partial charge in [-0.2, -0.15) is 0 Å². The number of hydrogen-bond donors (Lipinski definition) is 2. The van der Waals surface area contributed by atoms with Crippen LogP contribution in [-0.2, 0) is 0 Å². The summed E-state index contributed by atoms with van der Waals surface area (Å²) in [6.45, 7) is 9.74. The Bertz CT molecular complexity index is 494. The Morgan fingerprint density at radius 1 is 1.00 bits per heavy atom. The number of nitrogens with two attached hydrogens (primary N) is 1. The number of piperazine rings is 1. The molecule has 0 amide bonds. The summed E-state index contributed by atoms with van der Waals surface area (Å²) in [5, 5.41) is 3.24. The van der Waals surface area contributed by atoms with Crippen LogP contribution < -0.4 is 16.0 Å². The zero-order valence-electron chi connectivity index (χ0n) is 16.5. The number of anilines is 1. The molecule has 0 aromatic heterocycles. The topological polar surface area (TPSA) is 56.9 Å². The first-order valence-electron chi connectivity index (χ1n) is 10.4. The van der Waals surface area contributed by atoms with Gasteiger partial charge in [-0.15, -0.1) is 0 Å². The van der Waals surface area contributed by atoms with Gasteiger partial charge in [0.1, 0.15) is 0 Å². The largest absolute Gasteiger partial charge is 0.370 e. The third kappa shape index (κ3) is 8.09. The molecule has 0 radical (unpaired) electrons. The van der Waals surface area contributed by atoms with Crippen LogP contribution in [0.5, 0.6) is 0 Å². The van der Waals surface area contributed by atoms with Crippen molar-refractivity contribution in [3.8, 4) is 0 Å². The summed E-state index contributed by atoms with van der Waals surface area (Å²) in [5.74, 6) is 0.609. The number of rotatable bonds is 11. The van der Waals surface area contributed by atoms with E-state index >= 15 is 0 Å². The van der Waals surface area contributed by atoms with E-state index in [9.17, 15) is 0 Å². The van der Waals surface area contributed by atoms with Gasteiger partial charge >= 0.3 is 0 Å². The zero-order chi connectivity index (χ0) is 18.5. The minimum absolute atomic E-state index is 0.609. The SMILES string of the molecule is CCCCCCN=C(N)NCCCCN1CCN(c2ccccc2)CC1. The maximum atomic E-state index is 5.91. The smallest absolute Gasteiger partial charge is 0.188 e. The van der Waals surface area contributed by atoms with Crippen molar-refractivity contribution in [2.75, 3.05) is 50.7 Å². The molecule has 5 heteroatoms. The lowest BCUT2D eigenvalue weighted by molar-refractivity contribution is 0.253. The number of unbranched alkanes of at least 4 members (excludes halogenated alkanes) is 4. The first-order valence-corrected chi connectivity index (χ1v) is 10.4. The van der Waals surface area contributed by atoms with Gasteiger partial charge in [0, 0.05) is 45.0 Å². The molecule has 1 aromatic carbocycles. The molecule has 0 atom stereocenters. The van der Waals surface area contributed by atoms with E-state index in [0.717, 1.165) is 52.1 Å². The van der Waals surface area contributed by atoms with Gasteiger partial charge < -0.3 is 16.0 Å². The molecule has 1 heterocycles. The van der Waals surface area contributed by atoms with Gasteiger partial charge in [-0.3, -0.25) is 9.89 Å². The predicted octanol–water partition coefficient (Wildman–Crippen LogP) is 3.07. The summed E-state index contributed by atoms with van der Waals surface area (Å²) < 4.78 is 0. The minimum Gasteiger partial charge on any atom is -0.370 e. The van der Waals surface area contributed by atoms with Crippen LogP contribution in [0.25, 0.3) is 0 Å². The first kappa shape index (κ1) is 20.6. The molecule has 1 aliphatic rings. The van der Waals surface area contributed by atoms with E-state index in [2.05, 4.69) is 57.4 Å². The molecular weight excluding hydrogens is 322 g/mol. The second kappa shape index (κ2) is 12.6. The molecule has 0 unspecified atom stereocenters. The van der Waals surface area contributed by atoms with Crippen molar-refractivity contribution in [1.82, 2.24) is 10.2 Å². The average Bonchev–Trinajstić information content (AvgIpc) is 2.69. The van der Waals surface area contributed by atoms with E-state index in [4.69, 9.17) is 5.73 Å². The molecule has 3 N–H and O–H groups in total. The van der Waals surface area contributed by atoms with E-state index in [0.29, 0.717) is 5.96 Å². The molecule has 146 valence electrons. The van der Waals surface area contributed by atoms with Crippen LogP contribution in [0.3, 0.4) is 0 Å². The fourth-order valence-corrected chi connectivity index (χ4v) is 3.34. The van der Waals surface area contributed by atoms with Crippen molar-refractivity contribution < 1.29 is 0 Å². The summed E-state index contributed by atoms with van der Waals surface area (Å²) in [7, 11) is 0. The molecule has 1 aliphatic heterocycles. The second-order valence-electron chi connectivity index (χ2n) is 7.13. The molecular formula is C21H37N5. The van der Waals surface area contributed by atoms with Crippen LogP contribution in [0.2, 0.25) is 0 Å². The van der Waals surface area contributed by atoms with Gasteiger partial charge in [0.05, 0.1) is 0 Å². The number of guanidine groups is 1. The van der Waals surface area contributed by atoms with Gasteiger partial charge in [-0.1, -0.05) is 44.4 Å². The minimum atomic E-state index is 0.609. The molecule has 0 spiro atoms. The standard InChI is InChI=1S/C21H37N5/c1-2-3-4-8-13-23-21(22)24-14-9-10-15-25-16-18-26(19-17-25)20-11-6-5-7-12-20/h5-7,11-12H,2-4,8-10,13-19H2,1H3,(H3,22,23,24). The van der Waals surface area contributed by atoms with Crippen molar-refractivity contribution in [2.24, 2.45) is 10.7 Å². The Labute approximate surface area is 159 Å². The molecule has 26 heavy (non-hydrogen) atoms. The van der Waals surface area contributed by atoms with Crippen molar-refractivity contribution in [2.45, 2.75) is 45.4 Å². The van der Waals surface area contributed by atoms with Crippen LogP contribution in [0.15, 0.2) is 35.3 Å². The van der Waals surface area contributed by atoms with Crippen LogP contribution in [0.1, 0.15) is 45.4 Å². The van der Waals surface area contributed by atoms with E-state index in [-0.39, 0.29) is 0 Å². The molecule has 0 aliphatic carbocycles. The van der Waals surface area contributed by atoms with Crippen LogP contribution in [-0.4, -0.2) is 56.7 Å². The summed E-state index contributed by atoms with van der Waals surface area (Å²) in [6.07, 6.45) is 7.31. The Kier molecular flexibility index (Phi) is 9.95. The lowest BCUT2D eigenvalue weighted by Crippen LogP contribution is -2.46.